The van der Waals surface area contributed by atoms with E-state index in [9.17, 15) is 4.79 Å². The Balaban J connectivity index is 2.09. The van der Waals surface area contributed by atoms with Crippen molar-refractivity contribution in [2.75, 3.05) is 13.7 Å². The second-order valence-electron chi connectivity index (χ2n) is 4.84. The highest BCUT2D eigenvalue weighted by Gasteiger charge is 2.11. The normalized spacial score (nSPS) is 10.5. The van der Waals surface area contributed by atoms with Crippen LogP contribution in [-0.4, -0.2) is 25.8 Å². The molecule has 0 radical (unpaired) electrons. The summed E-state index contributed by atoms with van der Waals surface area (Å²) in [6.07, 6.45) is 3.19. The smallest absolute Gasteiger partial charge is 0.271 e. The first-order valence-electron chi connectivity index (χ1n) is 7.25. The van der Waals surface area contributed by atoms with Gasteiger partial charge in [0.25, 0.3) is 5.91 Å². The molecule has 0 saturated carbocycles. The van der Waals surface area contributed by atoms with E-state index >= 15 is 0 Å². The van der Waals surface area contributed by atoms with Crippen LogP contribution in [0.2, 0.25) is 0 Å². The average molecular weight is 515 g/mol. The molecule has 0 bridgehead atoms. The highest BCUT2D eigenvalue weighted by atomic mass is 127. The first kappa shape index (κ1) is 19.5. The van der Waals surface area contributed by atoms with Gasteiger partial charge in [-0.2, -0.15) is 5.10 Å². The first-order chi connectivity index (χ1) is 12.0. The summed E-state index contributed by atoms with van der Waals surface area (Å²) in [6, 6.07) is 10.8. The summed E-state index contributed by atoms with van der Waals surface area (Å²) >= 11 is 5.63. The fourth-order valence-corrected chi connectivity index (χ4v) is 2.86. The number of benzene rings is 2. The van der Waals surface area contributed by atoms with Crippen LogP contribution in [0.4, 0.5) is 0 Å². The minimum atomic E-state index is -0.274. The van der Waals surface area contributed by atoms with Crippen LogP contribution in [0.1, 0.15) is 15.9 Å². The maximum Gasteiger partial charge on any atom is 0.271 e. The molecule has 0 spiro atoms. The number of carbonyl (C=O) groups is 1. The third-order valence-electron chi connectivity index (χ3n) is 3.08. The molecular formula is C18H16BrIN2O3. The number of ether oxygens (including phenoxy) is 2. The molecule has 0 saturated heterocycles. The number of carbonyl (C=O) groups excluding carboxylic acids is 1. The molecule has 1 amide bonds. The van der Waals surface area contributed by atoms with Crippen molar-refractivity contribution in [1.29, 1.82) is 0 Å². The fraction of sp³-hybridized carbons (Fsp3) is 0.111. The molecule has 2 aromatic carbocycles. The average Bonchev–Trinajstić information content (AvgIpc) is 2.61. The SMILES string of the molecule is C=CCOc1c(Br)cc(/C=N\NC(=O)c2ccc(I)cc2)cc1OC. The summed E-state index contributed by atoms with van der Waals surface area (Å²) < 4.78 is 12.7. The van der Waals surface area contributed by atoms with Gasteiger partial charge in [0.1, 0.15) is 6.61 Å². The lowest BCUT2D eigenvalue weighted by Gasteiger charge is -2.12. The standard InChI is InChI=1S/C18H16BrIN2O3/c1-3-8-25-17-15(19)9-12(10-16(17)24-2)11-21-22-18(23)13-4-6-14(20)7-5-13/h3-7,9-11H,1,8H2,2H3,(H,22,23)/b21-11-. The Morgan fingerprint density at radius 1 is 1.36 bits per heavy atom. The van der Waals surface area contributed by atoms with Gasteiger partial charge >= 0.3 is 0 Å². The van der Waals surface area contributed by atoms with Gasteiger partial charge in [-0.25, -0.2) is 5.43 Å². The van der Waals surface area contributed by atoms with E-state index in [1.54, 1.807) is 31.4 Å². The zero-order valence-corrected chi connectivity index (χ0v) is 17.2. The minimum Gasteiger partial charge on any atom is -0.493 e. The van der Waals surface area contributed by atoms with E-state index in [1.165, 1.54) is 6.21 Å². The molecule has 1 N–H and O–H groups in total. The zero-order chi connectivity index (χ0) is 18.2. The number of hydrogen-bond donors (Lipinski definition) is 1. The molecule has 25 heavy (non-hydrogen) atoms. The van der Waals surface area contributed by atoms with Gasteiger partial charge < -0.3 is 9.47 Å². The lowest BCUT2D eigenvalue weighted by molar-refractivity contribution is 0.0955. The summed E-state index contributed by atoms with van der Waals surface area (Å²) in [5, 5.41) is 3.99. The van der Waals surface area contributed by atoms with Crippen molar-refractivity contribution in [1.82, 2.24) is 5.43 Å². The summed E-state index contributed by atoms with van der Waals surface area (Å²) in [6.45, 7) is 3.99. The van der Waals surface area contributed by atoms with E-state index in [0.717, 1.165) is 13.6 Å². The van der Waals surface area contributed by atoms with Crippen molar-refractivity contribution in [3.05, 3.63) is 68.2 Å². The quantitative estimate of drug-likeness (QED) is 0.258. The highest BCUT2D eigenvalue weighted by molar-refractivity contribution is 14.1. The predicted octanol–water partition coefficient (Wildman–Crippen LogP) is 4.39. The number of halogens is 2. The lowest BCUT2D eigenvalue weighted by Crippen LogP contribution is -2.17. The highest BCUT2D eigenvalue weighted by Crippen LogP contribution is 2.36. The van der Waals surface area contributed by atoms with Gasteiger partial charge in [0.15, 0.2) is 11.5 Å². The molecule has 2 rings (SSSR count). The van der Waals surface area contributed by atoms with E-state index in [0.29, 0.717) is 23.7 Å². The number of rotatable bonds is 7. The fourth-order valence-electron chi connectivity index (χ4n) is 1.93. The van der Waals surface area contributed by atoms with Gasteiger partial charge in [-0.1, -0.05) is 12.7 Å². The predicted molar refractivity (Wildman–Crippen MR) is 111 cm³/mol. The van der Waals surface area contributed by atoms with Crippen molar-refractivity contribution in [3.8, 4) is 11.5 Å². The van der Waals surface area contributed by atoms with Crippen LogP contribution < -0.4 is 14.9 Å². The Labute approximate surface area is 168 Å². The van der Waals surface area contributed by atoms with Crippen LogP contribution in [0.3, 0.4) is 0 Å². The molecule has 0 unspecified atom stereocenters. The minimum absolute atomic E-state index is 0.274. The topological polar surface area (TPSA) is 59.9 Å². The van der Waals surface area contributed by atoms with Gasteiger partial charge in [0.2, 0.25) is 0 Å². The second-order valence-corrected chi connectivity index (χ2v) is 6.94. The number of hydrazone groups is 1. The number of nitrogens with zero attached hydrogens (tertiary/aromatic N) is 1. The van der Waals surface area contributed by atoms with Crippen LogP contribution in [0.25, 0.3) is 0 Å². The molecule has 2 aromatic rings. The molecule has 0 aromatic heterocycles. The Morgan fingerprint density at radius 2 is 2.08 bits per heavy atom. The molecule has 0 aliphatic heterocycles. The van der Waals surface area contributed by atoms with E-state index in [1.807, 2.05) is 18.2 Å². The van der Waals surface area contributed by atoms with Gasteiger partial charge in [-0.3, -0.25) is 4.79 Å². The van der Waals surface area contributed by atoms with Crippen molar-refractivity contribution >= 4 is 50.6 Å². The Bertz CT molecular complexity index is 792. The van der Waals surface area contributed by atoms with Gasteiger partial charge in [-0.05, 0) is 80.5 Å². The summed E-state index contributed by atoms with van der Waals surface area (Å²) in [4.78, 5) is 12.0. The van der Waals surface area contributed by atoms with Gasteiger partial charge in [-0.15, -0.1) is 0 Å². The van der Waals surface area contributed by atoms with E-state index in [2.05, 4.69) is 55.6 Å². The van der Waals surface area contributed by atoms with Gasteiger partial charge in [0, 0.05) is 9.13 Å². The van der Waals surface area contributed by atoms with Crippen molar-refractivity contribution in [3.63, 3.8) is 0 Å². The van der Waals surface area contributed by atoms with Crippen LogP contribution in [0, 0.1) is 3.57 Å². The van der Waals surface area contributed by atoms with Crippen molar-refractivity contribution < 1.29 is 14.3 Å². The number of amides is 1. The summed E-state index contributed by atoms with van der Waals surface area (Å²) in [5.74, 6) is 0.869. The van der Waals surface area contributed by atoms with E-state index in [-0.39, 0.29) is 5.91 Å². The van der Waals surface area contributed by atoms with Crippen molar-refractivity contribution in [2.45, 2.75) is 0 Å². The van der Waals surface area contributed by atoms with Crippen molar-refractivity contribution in [2.24, 2.45) is 5.10 Å². The third kappa shape index (κ3) is 5.57. The molecule has 0 atom stereocenters. The number of nitrogens with one attached hydrogen (secondary N) is 1. The zero-order valence-electron chi connectivity index (χ0n) is 13.5. The summed E-state index contributed by atoms with van der Waals surface area (Å²) in [5.41, 5.74) is 3.79. The van der Waals surface area contributed by atoms with Crippen LogP contribution in [-0.2, 0) is 0 Å². The Hall–Kier alpha value is -1.87. The van der Waals surface area contributed by atoms with Crippen LogP contribution in [0.5, 0.6) is 11.5 Å². The van der Waals surface area contributed by atoms with E-state index in [4.69, 9.17) is 9.47 Å². The molecule has 0 aliphatic rings. The lowest BCUT2D eigenvalue weighted by atomic mass is 10.2. The monoisotopic (exact) mass is 514 g/mol. The molecular weight excluding hydrogens is 499 g/mol. The van der Waals surface area contributed by atoms with Crippen LogP contribution in [0.15, 0.2) is 58.6 Å². The van der Waals surface area contributed by atoms with Gasteiger partial charge in [0.05, 0.1) is 17.8 Å². The molecule has 0 aliphatic carbocycles. The second kappa shape index (κ2) is 9.57. The maximum absolute atomic E-state index is 12.0. The molecule has 0 heterocycles. The number of methoxy groups -OCH3 is 1. The molecule has 5 nitrogen and oxygen atoms in total. The summed E-state index contributed by atoms with van der Waals surface area (Å²) in [7, 11) is 1.56. The molecule has 130 valence electrons. The largest absolute Gasteiger partial charge is 0.493 e. The van der Waals surface area contributed by atoms with Crippen LogP contribution >= 0.6 is 38.5 Å². The Morgan fingerprint density at radius 3 is 2.72 bits per heavy atom. The van der Waals surface area contributed by atoms with E-state index < -0.39 is 0 Å². The molecule has 7 heteroatoms. The first-order valence-corrected chi connectivity index (χ1v) is 9.12. The third-order valence-corrected chi connectivity index (χ3v) is 4.39. The number of hydrogen-bond acceptors (Lipinski definition) is 4. The molecule has 0 fully saturated rings. The maximum atomic E-state index is 12.0. The Kier molecular flexibility index (Phi) is 7.45.